The van der Waals surface area contributed by atoms with Gasteiger partial charge in [0, 0.05) is 17.9 Å². The zero-order valence-electron chi connectivity index (χ0n) is 19.5. The summed E-state index contributed by atoms with van der Waals surface area (Å²) in [6.07, 6.45) is 2.29. The van der Waals surface area contributed by atoms with E-state index in [0.717, 1.165) is 46.2 Å². The van der Waals surface area contributed by atoms with Gasteiger partial charge in [0.1, 0.15) is 5.75 Å². The molecule has 0 fully saturated rings. The number of amides is 1. The van der Waals surface area contributed by atoms with Crippen molar-refractivity contribution >= 4 is 44.4 Å². The fourth-order valence-corrected chi connectivity index (χ4v) is 5.21. The van der Waals surface area contributed by atoms with Crippen LogP contribution in [0.2, 0.25) is 0 Å². The van der Waals surface area contributed by atoms with Gasteiger partial charge in [0.05, 0.1) is 16.8 Å². The third-order valence-electron chi connectivity index (χ3n) is 5.00. The van der Waals surface area contributed by atoms with Crippen LogP contribution in [0.5, 0.6) is 5.75 Å². The Bertz CT molecular complexity index is 1000. The van der Waals surface area contributed by atoms with Gasteiger partial charge in [-0.15, -0.1) is 11.8 Å². The van der Waals surface area contributed by atoms with Crippen molar-refractivity contribution in [2.24, 2.45) is 0 Å². The number of fused-ring (bicyclic) bond motifs is 1. The number of anilines is 1. The van der Waals surface area contributed by atoms with Crippen LogP contribution in [0.3, 0.4) is 0 Å². The van der Waals surface area contributed by atoms with Gasteiger partial charge in [-0.05, 0) is 83.4 Å². The lowest BCUT2D eigenvalue weighted by molar-refractivity contribution is -0.118. The van der Waals surface area contributed by atoms with Crippen LogP contribution in [0.25, 0.3) is 10.2 Å². The molecule has 0 saturated heterocycles. The van der Waals surface area contributed by atoms with E-state index in [2.05, 4.69) is 50.2 Å². The van der Waals surface area contributed by atoms with E-state index in [1.807, 2.05) is 30.0 Å². The molecule has 1 heterocycles. The highest BCUT2D eigenvalue weighted by Crippen LogP contribution is 2.32. The highest BCUT2D eigenvalue weighted by atomic mass is 32.2. The fourth-order valence-electron chi connectivity index (χ4n) is 3.32. The Morgan fingerprint density at radius 2 is 1.88 bits per heavy atom. The van der Waals surface area contributed by atoms with Crippen molar-refractivity contribution in [3.05, 3.63) is 48.0 Å². The lowest BCUT2D eigenvalue weighted by Gasteiger charge is -2.21. The summed E-state index contributed by atoms with van der Waals surface area (Å²) in [5, 5.41) is 0.781. The minimum Gasteiger partial charge on any atom is -0.494 e. The largest absolute Gasteiger partial charge is 0.494 e. The molecule has 0 saturated carbocycles. The Hall–Kier alpha value is -2.09. The molecular formula is C25H33N3O2S2. The van der Waals surface area contributed by atoms with E-state index in [-0.39, 0.29) is 5.91 Å². The standard InChI is InChI=1S/C25H33N3O2S2/c1-5-30-20-11-14-22-23(18-20)32-25(26-22)28(16-7-15-27(3)4)24(29)8-6-17-31-21-12-9-19(2)10-13-21/h9-14,18H,5-8,15-17H2,1-4H3. The number of benzene rings is 2. The van der Waals surface area contributed by atoms with Crippen LogP contribution in [0.4, 0.5) is 5.13 Å². The number of thiazole rings is 1. The van der Waals surface area contributed by atoms with Crippen LogP contribution < -0.4 is 9.64 Å². The summed E-state index contributed by atoms with van der Waals surface area (Å²) in [7, 11) is 4.11. The Morgan fingerprint density at radius 3 is 2.59 bits per heavy atom. The summed E-state index contributed by atoms with van der Waals surface area (Å²) in [6, 6.07) is 14.5. The molecule has 32 heavy (non-hydrogen) atoms. The van der Waals surface area contributed by atoms with E-state index >= 15 is 0 Å². The van der Waals surface area contributed by atoms with Crippen LogP contribution in [-0.4, -0.2) is 55.3 Å². The molecule has 1 aromatic heterocycles. The second-order valence-corrected chi connectivity index (χ2v) is 10.2. The van der Waals surface area contributed by atoms with Crippen molar-refractivity contribution in [3.8, 4) is 5.75 Å². The van der Waals surface area contributed by atoms with Gasteiger partial charge in [0.15, 0.2) is 5.13 Å². The first kappa shape index (κ1) is 24.6. The SMILES string of the molecule is CCOc1ccc2nc(N(CCCN(C)C)C(=O)CCCSc3ccc(C)cc3)sc2c1. The van der Waals surface area contributed by atoms with Crippen LogP contribution in [0.1, 0.15) is 31.7 Å². The third kappa shape index (κ3) is 7.22. The van der Waals surface area contributed by atoms with Crippen molar-refractivity contribution in [2.45, 2.75) is 38.0 Å². The molecule has 2 aromatic carbocycles. The van der Waals surface area contributed by atoms with Gasteiger partial charge in [-0.25, -0.2) is 4.98 Å². The summed E-state index contributed by atoms with van der Waals surface area (Å²) in [5.41, 5.74) is 2.18. The molecule has 0 radical (unpaired) electrons. The number of nitrogens with zero attached hydrogens (tertiary/aromatic N) is 3. The number of rotatable bonds is 12. The van der Waals surface area contributed by atoms with Crippen molar-refractivity contribution in [1.82, 2.24) is 9.88 Å². The second kappa shape index (κ2) is 12.2. The lowest BCUT2D eigenvalue weighted by atomic mass is 10.2. The highest BCUT2D eigenvalue weighted by Gasteiger charge is 2.19. The van der Waals surface area contributed by atoms with Gasteiger partial charge in [0.2, 0.25) is 5.91 Å². The number of carbonyl (C=O) groups excluding carboxylic acids is 1. The Labute approximate surface area is 199 Å². The maximum Gasteiger partial charge on any atom is 0.228 e. The molecule has 1 amide bonds. The molecule has 3 aromatic rings. The monoisotopic (exact) mass is 471 g/mol. The minimum atomic E-state index is 0.150. The number of aromatic nitrogens is 1. The first-order valence-electron chi connectivity index (χ1n) is 11.1. The second-order valence-electron chi connectivity index (χ2n) is 8.03. The van der Waals surface area contributed by atoms with Gasteiger partial charge in [-0.3, -0.25) is 9.69 Å². The first-order valence-corrected chi connectivity index (χ1v) is 12.9. The molecule has 0 bridgehead atoms. The minimum absolute atomic E-state index is 0.150. The summed E-state index contributed by atoms with van der Waals surface area (Å²) >= 11 is 3.37. The molecule has 172 valence electrons. The van der Waals surface area contributed by atoms with Gasteiger partial charge < -0.3 is 9.64 Å². The maximum atomic E-state index is 13.2. The molecule has 0 atom stereocenters. The van der Waals surface area contributed by atoms with Gasteiger partial charge in [0.25, 0.3) is 0 Å². The maximum absolute atomic E-state index is 13.2. The molecule has 3 rings (SSSR count). The molecule has 0 unspecified atom stereocenters. The zero-order chi connectivity index (χ0) is 22.9. The van der Waals surface area contributed by atoms with Crippen molar-refractivity contribution in [2.75, 3.05) is 44.4 Å². The Kier molecular flexibility index (Phi) is 9.38. The van der Waals surface area contributed by atoms with E-state index < -0.39 is 0 Å². The van der Waals surface area contributed by atoms with E-state index in [4.69, 9.17) is 9.72 Å². The van der Waals surface area contributed by atoms with Crippen LogP contribution in [0, 0.1) is 6.92 Å². The average molecular weight is 472 g/mol. The number of thioether (sulfide) groups is 1. The van der Waals surface area contributed by atoms with Crippen molar-refractivity contribution < 1.29 is 9.53 Å². The van der Waals surface area contributed by atoms with Gasteiger partial charge >= 0.3 is 0 Å². The number of carbonyl (C=O) groups is 1. The first-order chi connectivity index (χ1) is 15.5. The molecule has 0 N–H and O–H groups in total. The highest BCUT2D eigenvalue weighted by molar-refractivity contribution is 7.99. The molecule has 0 aliphatic heterocycles. The third-order valence-corrected chi connectivity index (χ3v) is 7.14. The number of aryl methyl sites for hydroxylation is 1. The van der Waals surface area contributed by atoms with E-state index in [1.165, 1.54) is 10.5 Å². The van der Waals surface area contributed by atoms with Crippen LogP contribution in [0.15, 0.2) is 47.4 Å². The van der Waals surface area contributed by atoms with E-state index in [0.29, 0.717) is 19.6 Å². The van der Waals surface area contributed by atoms with Gasteiger partial charge in [-0.1, -0.05) is 29.0 Å². The van der Waals surface area contributed by atoms with Crippen LogP contribution >= 0.6 is 23.1 Å². The fraction of sp³-hybridized carbons (Fsp3) is 0.440. The smallest absolute Gasteiger partial charge is 0.228 e. The summed E-state index contributed by atoms with van der Waals surface area (Å²) in [6.45, 7) is 6.32. The summed E-state index contributed by atoms with van der Waals surface area (Å²) < 4.78 is 6.67. The Morgan fingerprint density at radius 1 is 1.09 bits per heavy atom. The molecule has 5 nitrogen and oxygen atoms in total. The van der Waals surface area contributed by atoms with E-state index in [9.17, 15) is 4.79 Å². The topological polar surface area (TPSA) is 45.7 Å². The van der Waals surface area contributed by atoms with Crippen molar-refractivity contribution in [3.63, 3.8) is 0 Å². The van der Waals surface area contributed by atoms with Crippen molar-refractivity contribution in [1.29, 1.82) is 0 Å². The number of hydrogen-bond acceptors (Lipinski definition) is 6. The predicted molar refractivity (Wildman–Crippen MR) is 137 cm³/mol. The molecule has 0 aliphatic rings. The summed E-state index contributed by atoms with van der Waals surface area (Å²) in [5.74, 6) is 1.92. The molecule has 0 spiro atoms. The molecular weight excluding hydrogens is 438 g/mol. The Balaban J connectivity index is 1.65. The quantitative estimate of drug-likeness (QED) is 0.244. The lowest BCUT2D eigenvalue weighted by Crippen LogP contribution is -2.33. The molecule has 7 heteroatoms. The van der Waals surface area contributed by atoms with E-state index in [1.54, 1.807) is 23.1 Å². The predicted octanol–water partition coefficient (Wildman–Crippen LogP) is 5.86. The normalized spacial score (nSPS) is 11.3. The zero-order valence-corrected chi connectivity index (χ0v) is 21.1. The number of ether oxygens (including phenoxy) is 1. The molecule has 0 aliphatic carbocycles. The van der Waals surface area contributed by atoms with Crippen LogP contribution in [-0.2, 0) is 4.79 Å². The average Bonchev–Trinajstić information content (AvgIpc) is 3.18. The summed E-state index contributed by atoms with van der Waals surface area (Å²) in [4.78, 5) is 23.2. The number of hydrogen-bond donors (Lipinski definition) is 0. The van der Waals surface area contributed by atoms with Gasteiger partial charge in [-0.2, -0.15) is 0 Å².